The minimum absolute atomic E-state index is 0.445. The number of piperazine rings is 1. The van der Waals surface area contributed by atoms with Crippen LogP contribution in [0.25, 0.3) is 0 Å². The van der Waals surface area contributed by atoms with E-state index in [1.807, 2.05) is 26.0 Å². The summed E-state index contributed by atoms with van der Waals surface area (Å²) >= 11 is 1.38. The molecule has 9 heteroatoms. The highest BCUT2D eigenvalue weighted by Gasteiger charge is 2.30. The third-order valence-corrected chi connectivity index (χ3v) is 8.96. The first-order chi connectivity index (χ1) is 13.5. The molecule has 28 heavy (non-hydrogen) atoms. The lowest BCUT2D eigenvalue weighted by atomic mass is 10.3. The summed E-state index contributed by atoms with van der Waals surface area (Å²) in [6.07, 6.45) is 3.27. The Hall–Kier alpha value is -1.71. The monoisotopic (exact) mass is 421 g/mol. The van der Waals surface area contributed by atoms with Crippen molar-refractivity contribution in [3.63, 3.8) is 0 Å². The highest BCUT2D eigenvalue weighted by atomic mass is 32.2. The van der Waals surface area contributed by atoms with Gasteiger partial charge in [0.25, 0.3) is 10.0 Å². The van der Waals surface area contributed by atoms with Crippen LogP contribution in [0, 0.1) is 6.92 Å². The topological polar surface area (TPSA) is 69.6 Å². The van der Waals surface area contributed by atoms with Gasteiger partial charge >= 0.3 is 0 Å². The average molecular weight is 422 g/mol. The number of thiophene rings is 1. The molecule has 2 aliphatic rings. The summed E-state index contributed by atoms with van der Waals surface area (Å²) in [5.74, 6) is 1.70. The first-order valence-corrected chi connectivity index (χ1v) is 12.2. The van der Waals surface area contributed by atoms with E-state index in [0.29, 0.717) is 36.3 Å². The van der Waals surface area contributed by atoms with Gasteiger partial charge in [-0.05, 0) is 38.3 Å². The standard InChI is InChI=1S/C19H27N5O2S2/c1-3-16-6-7-18(27-16)28(25,26)24-12-10-23(11-13-24)19-20-15(2)14-17(21-19)22-8-4-5-9-22/h6-7,14H,3-5,8-13H2,1-2H3. The van der Waals surface area contributed by atoms with Crippen molar-refractivity contribution in [2.75, 3.05) is 49.1 Å². The molecule has 0 unspecified atom stereocenters. The van der Waals surface area contributed by atoms with E-state index in [4.69, 9.17) is 4.98 Å². The molecule has 0 aliphatic carbocycles. The second-order valence-electron chi connectivity index (χ2n) is 7.33. The van der Waals surface area contributed by atoms with E-state index in [0.717, 1.165) is 35.9 Å². The maximum Gasteiger partial charge on any atom is 0.252 e. The Morgan fingerprint density at radius 2 is 1.71 bits per heavy atom. The van der Waals surface area contributed by atoms with Crippen LogP contribution in [0.15, 0.2) is 22.4 Å². The van der Waals surface area contributed by atoms with Gasteiger partial charge in [-0.3, -0.25) is 0 Å². The second-order valence-corrected chi connectivity index (χ2v) is 10.7. The SMILES string of the molecule is CCc1ccc(S(=O)(=O)N2CCN(c3nc(C)cc(N4CCCC4)n3)CC2)s1. The number of rotatable bonds is 5. The van der Waals surface area contributed by atoms with E-state index >= 15 is 0 Å². The Morgan fingerprint density at radius 3 is 2.36 bits per heavy atom. The second kappa shape index (κ2) is 7.96. The number of hydrogen-bond acceptors (Lipinski definition) is 7. The summed E-state index contributed by atoms with van der Waals surface area (Å²) in [5.41, 5.74) is 0.952. The Kier molecular flexibility index (Phi) is 5.57. The van der Waals surface area contributed by atoms with Gasteiger partial charge in [-0.25, -0.2) is 13.4 Å². The minimum atomic E-state index is -3.41. The fourth-order valence-corrected chi connectivity index (χ4v) is 6.60. The van der Waals surface area contributed by atoms with E-state index in [-0.39, 0.29) is 0 Å². The van der Waals surface area contributed by atoms with Crippen molar-refractivity contribution >= 4 is 33.1 Å². The van der Waals surface area contributed by atoms with Crippen molar-refractivity contribution in [3.05, 3.63) is 28.8 Å². The van der Waals surface area contributed by atoms with Crippen molar-refractivity contribution in [1.82, 2.24) is 14.3 Å². The highest BCUT2D eigenvalue weighted by molar-refractivity contribution is 7.91. The van der Waals surface area contributed by atoms with Crippen LogP contribution in [-0.4, -0.2) is 62.0 Å². The van der Waals surface area contributed by atoms with Gasteiger partial charge in [0.2, 0.25) is 5.95 Å². The third kappa shape index (κ3) is 3.88. The Bertz CT molecular complexity index is 930. The number of aryl methyl sites for hydroxylation is 2. The van der Waals surface area contributed by atoms with Crippen molar-refractivity contribution in [2.24, 2.45) is 0 Å². The Morgan fingerprint density at radius 1 is 1.00 bits per heavy atom. The molecular formula is C19H27N5O2S2. The van der Waals surface area contributed by atoms with Crippen molar-refractivity contribution in [3.8, 4) is 0 Å². The zero-order valence-corrected chi connectivity index (χ0v) is 18.1. The first-order valence-electron chi connectivity index (χ1n) is 9.92. The quantitative estimate of drug-likeness (QED) is 0.739. The number of anilines is 2. The molecule has 4 rings (SSSR count). The van der Waals surface area contributed by atoms with Gasteiger partial charge in [-0.15, -0.1) is 11.3 Å². The predicted molar refractivity (Wildman–Crippen MR) is 113 cm³/mol. The Balaban J connectivity index is 1.47. The summed E-state index contributed by atoms with van der Waals surface area (Å²) < 4.78 is 27.9. The molecule has 2 saturated heterocycles. The summed E-state index contributed by atoms with van der Waals surface area (Å²) in [6, 6.07) is 5.68. The van der Waals surface area contributed by atoms with Crippen LogP contribution >= 0.6 is 11.3 Å². The average Bonchev–Trinajstić information content (AvgIpc) is 3.39. The van der Waals surface area contributed by atoms with Crippen LogP contribution in [0.1, 0.15) is 30.3 Å². The molecule has 4 heterocycles. The molecule has 0 amide bonds. The van der Waals surface area contributed by atoms with Crippen LogP contribution in [-0.2, 0) is 16.4 Å². The largest absolute Gasteiger partial charge is 0.356 e. The molecule has 2 aromatic rings. The lowest BCUT2D eigenvalue weighted by molar-refractivity contribution is 0.383. The Labute approximate surface area is 171 Å². The summed E-state index contributed by atoms with van der Waals surface area (Å²) in [4.78, 5) is 14.9. The molecule has 2 fully saturated rings. The molecule has 2 aliphatic heterocycles. The fourth-order valence-electron chi connectivity index (χ4n) is 3.73. The zero-order valence-electron chi connectivity index (χ0n) is 16.5. The molecule has 0 atom stereocenters. The maximum absolute atomic E-state index is 12.9. The van der Waals surface area contributed by atoms with Gasteiger partial charge in [-0.1, -0.05) is 6.92 Å². The normalized spacial score (nSPS) is 18.8. The summed E-state index contributed by atoms with van der Waals surface area (Å²) in [6.45, 7) is 8.25. The molecular weight excluding hydrogens is 394 g/mol. The molecule has 0 bridgehead atoms. The molecule has 0 saturated carbocycles. The van der Waals surface area contributed by atoms with Gasteiger partial charge in [-0.2, -0.15) is 9.29 Å². The number of hydrogen-bond donors (Lipinski definition) is 0. The minimum Gasteiger partial charge on any atom is -0.356 e. The van der Waals surface area contributed by atoms with Crippen LogP contribution in [0.2, 0.25) is 0 Å². The molecule has 0 N–H and O–H groups in total. The number of sulfonamides is 1. The summed E-state index contributed by atoms with van der Waals surface area (Å²) in [7, 11) is -3.41. The van der Waals surface area contributed by atoms with Gasteiger partial charge in [0.15, 0.2) is 0 Å². The first kappa shape index (κ1) is 19.6. The molecule has 0 aromatic carbocycles. The number of nitrogens with zero attached hydrogens (tertiary/aromatic N) is 5. The molecule has 2 aromatic heterocycles. The van der Waals surface area contributed by atoms with Gasteiger partial charge < -0.3 is 9.80 Å². The maximum atomic E-state index is 12.9. The van der Waals surface area contributed by atoms with Crippen LogP contribution in [0.3, 0.4) is 0 Å². The highest BCUT2D eigenvalue weighted by Crippen LogP contribution is 2.27. The van der Waals surface area contributed by atoms with E-state index < -0.39 is 10.0 Å². The lowest BCUT2D eigenvalue weighted by Crippen LogP contribution is -2.49. The van der Waals surface area contributed by atoms with E-state index in [9.17, 15) is 8.42 Å². The zero-order chi connectivity index (χ0) is 19.7. The molecule has 0 spiro atoms. The summed E-state index contributed by atoms with van der Waals surface area (Å²) in [5, 5.41) is 0. The number of aromatic nitrogens is 2. The van der Waals surface area contributed by atoms with E-state index in [1.54, 1.807) is 10.4 Å². The van der Waals surface area contributed by atoms with Crippen LogP contribution < -0.4 is 9.80 Å². The predicted octanol–water partition coefficient (Wildman–Crippen LogP) is 2.52. The van der Waals surface area contributed by atoms with Crippen molar-refractivity contribution in [1.29, 1.82) is 0 Å². The van der Waals surface area contributed by atoms with Gasteiger partial charge in [0, 0.05) is 55.9 Å². The van der Waals surface area contributed by atoms with E-state index in [2.05, 4.69) is 14.8 Å². The molecule has 0 radical (unpaired) electrons. The van der Waals surface area contributed by atoms with E-state index in [1.165, 1.54) is 24.2 Å². The van der Waals surface area contributed by atoms with Gasteiger partial charge in [0.1, 0.15) is 10.0 Å². The third-order valence-electron chi connectivity index (χ3n) is 5.36. The van der Waals surface area contributed by atoms with Crippen LogP contribution in [0.5, 0.6) is 0 Å². The molecule has 152 valence electrons. The smallest absolute Gasteiger partial charge is 0.252 e. The van der Waals surface area contributed by atoms with Crippen LogP contribution in [0.4, 0.5) is 11.8 Å². The fraction of sp³-hybridized carbons (Fsp3) is 0.579. The van der Waals surface area contributed by atoms with Crippen molar-refractivity contribution in [2.45, 2.75) is 37.3 Å². The van der Waals surface area contributed by atoms with Crippen molar-refractivity contribution < 1.29 is 8.42 Å². The van der Waals surface area contributed by atoms with Gasteiger partial charge in [0.05, 0.1) is 0 Å². The lowest BCUT2D eigenvalue weighted by Gasteiger charge is -2.34. The molecule has 7 nitrogen and oxygen atoms in total.